The predicted octanol–water partition coefficient (Wildman–Crippen LogP) is 0.534. The number of benzene rings is 1. The number of hydrogen-bond acceptors (Lipinski definition) is 7. The maximum absolute atomic E-state index is 13.4. The van der Waals surface area contributed by atoms with Crippen LogP contribution in [0.25, 0.3) is 10.9 Å². The smallest absolute Gasteiger partial charge is 0.305 e. The molecule has 0 aliphatic carbocycles. The van der Waals surface area contributed by atoms with E-state index in [0.717, 1.165) is 0 Å². The third-order valence-corrected chi connectivity index (χ3v) is 5.74. The molecule has 180 valence electrons. The second-order valence-electron chi connectivity index (χ2n) is 8.51. The number of likely N-dealkylation sites (tertiary alicyclic amines) is 1. The molecule has 0 unspecified atom stereocenters. The van der Waals surface area contributed by atoms with E-state index in [1.54, 1.807) is 38.1 Å². The molecule has 0 spiro atoms. The Morgan fingerprint density at radius 2 is 1.94 bits per heavy atom. The van der Waals surface area contributed by atoms with Gasteiger partial charge in [-0.15, -0.1) is 0 Å². The molecule has 2 heterocycles. The van der Waals surface area contributed by atoms with Crippen LogP contribution in [0.15, 0.2) is 30.5 Å². The van der Waals surface area contributed by atoms with E-state index in [1.807, 2.05) is 0 Å². The molecule has 0 bridgehead atoms. The highest BCUT2D eigenvalue weighted by atomic mass is 16.4. The molecule has 0 radical (unpaired) electrons. The molecule has 1 saturated heterocycles. The Labute approximate surface area is 195 Å². The van der Waals surface area contributed by atoms with Crippen LogP contribution in [0.5, 0.6) is 0 Å². The minimum Gasteiger partial charge on any atom is -0.481 e. The van der Waals surface area contributed by atoms with Crippen molar-refractivity contribution in [3.8, 4) is 0 Å². The van der Waals surface area contributed by atoms with Crippen LogP contribution in [0.4, 0.5) is 0 Å². The first-order valence-electron chi connectivity index (χ1n) is 11.0. The second-order valence-corrected chi connectivity index (χ2v) is 8.51. The molecule has 1 aliphatic rings. The van der Waals surface area contributed by atoms with Crippen molar-refractivity contribution in [1.82, 2.24) is 25.7 Å². The van der Waals surface area contributed by atoms with Gasteiger partial charge in [0, 0.05) is 11.9 Å². The van der Waals surface area contributed by atoms with Gasteiger partial charge in [-0.25, -0.2) is 0 Å². The average molecular weight is 469 g/mol. The summed E-state index contributed by atoms with van der Waals surface area (Å²) in [5.41, 5.74) is 0.826. The largest absolute Gasteiger partial charge is 0.481 e. The minimum absolute atomic E-state index is 0.280. The number of aldehydes is 1. The standard InChI is InChI=1S/C23H27N5O6/c1-13(2)20(26-21(32)16-11-24-27-17-7-4-3-6-15(16)17)23(34)28-9-5-8-18(28)22(33)25-14(12-29)10-19(30)31/h3-4,6-7,11-14,18,20H,5,8-10H2,1-2H3,(H,25,33)(H,26,32)(H,30,31)/t14-,18-,20-/m0/s1. The van der Waals surface area contributed by atoms with Gasteiger partial charge < -0.3 is 25.4 Å². The quantitative estimate of drug-likeness (QED) is 0.449. The number of nitrogens with zero attached hydrogens (tertiary/aromatic N) is 3. The van der Waals surface area contributed by atoms with Crippen molar-refractivity contribution in [1.29, 1.82) is 0 Å². The summed E-state index contributed by atoms with van der Waals surface area (Å²) >= 11 is 0. The van der Waals surface area contributed by atoms with Crippen molar-refractivity contribution in [3.63, 3.8) is 0 Å². The van der Waals surface area contributed by atoms with Crippen LogP contribution in [0.3, 0.4) is 0 Å². The number of amides is 3. The van der Waals surface area contributed by atoms with Gasteiger partial charge in [0.25, 0.3) is 5.91 Å². The van der Waals surface area contributed by atoms with Gasteiger partial charge in [0.05, 0.1) is 29.7 Å². The van der Waals surface area contributed by atoms with Crippen molar-refractivity contribution in [3.05, 3.63) is 36.0 Å². The number of aromatic nitrogens is 2. The van der Waals surface area contributed by atoms with Gasteiger partial charge in [0.15, 0.2) is 0 Å². The Hall–Kier alpha value is -3.89. The fourth-order valence-electron chi connectivity index (χ4n) is 4.00. The lowest BCUT2D eigenvalue weighted by molar-refractivity contribution is -0.142. The number of carboxylic acids is 1. The lowest BCUT2D eigenvalue weighted by Gasteiger charge is -2.31. The molecule has 11 heteroatoms. The molecule has 3 rings (SSSR count). The summed E-state index contributed by atoms with van der Waals surface area (Å²) in [6.45, 7) is 3.87. The molecule has 3 amide bonds. The Kier molecular flexibility index (Phi) is 7.87. The monoisotopic (exact) mass is 469 g/mol. The summed E-state index contributed by atoms with van der Waals surface area (Å²) in [5.74, 6) is -3.01. The second kappa shape index (κ2) is 10.8. The number of aliphatic carboxylic acids is 1. The van der Waals surface area contributed by atoms with Gasteiger partial charge in [-0.3, -0.25) is 19.2 Å². The lowest BCUT2D eigenvalue weighted by Crippen LogP contribution is -2.56. The molecule has 3 atom stereocenters. The van der Waals surface area contributed by atoms with Crippen molar-refractivity contribution in [2.24, 2.45) is 5.92 Å². The van der Waals surface area contributed by atoms with E-state index < -0.39 is 48.2 Å². The molecular weight excluding hydrogens is 442 g/mol. The van der Waals surface area contributed by atoms with Crippen LogP contribution in [0, 0.1) is 5.92 Å². The van der Waals surface area contributed by atoms with Gasteiger partial charge in [0.2, 0.25) is 11.8 Å². The summed E-state index contributed by atoms with van der Waals surface area (Å²) in [5, 5.41) is 22.5. The predicted molar refractivity (Wildman–Crippen MR) is 121 cm³/mol. The Balaban J connectivity index is 1.76. The lowest BCUT2D eigenvalue weighted by atomic mass is 10.0. The number of carbonyl (C=O) groups is 5. The average Bonchev–Trinajstić information content (AvgIpc) is 3.30. The molecule has 0 saturated carbocycles. The Bertz CT molecular complexity index is 1100. The van der Waals surface area contributed by atoms with E-state index in [-0.39, 0.29) is 11.5 Å². The van der Waals surface area contributed by atoms with E-state index in [0.29, 0.717) is 36.6 Å². The normalized spacial score (nSPS) is 17.3. The fraction of sp³-hybridized carbons (Fsp3) is 0.435. The first kappa shape index (κ1) is 24.7. The van der Waals surface area contributed by atoms with Crippen molar-refractivity contribution in [2.75, 3.05) is 6.54 Å². The first-order chi connectivity index (χ1) is 16.2. The number of carboxylic acid groups (broad SMARTS) is 1. The zero-order valence-electron chi connectivity index (χ0n) is 18.9. The van der Waals surface area contributed by atoms with Gasteiger partial charge in [-0.1, -0.05) is 32.0 Å². The zero-order valence-corrected chi connectivity index (χ0v) is 18.9. The summed E-state index contributed by atoms with van der Waals surface area (Å²) in [6, 6.07) is 4.08. The van der Waals surface area contributed by atoms with Crippen LogP contribution >= 0.6 is 0 Å². The van der Waals surface area contributed by atoms with Crippen molar-refractivity contribution < 1.29 is 29.1 Å². The SMILES string of the molecule is CC(C)[C@H](NC(=O)c1cnnc2ccccc12)C(=O)N1CCC[C@H]1C(=O)N[C@H](C=O)CC(=O)O. The van der Waals surface area contributed by atoms with E-state index in [9.17, 15) is 24.0 Å². The molecule has 2 aromatic rings. The highest BCUT2D eigenvalue weighted by Crippen LogP contribution is 2.22. The number of fused-ring (bicyclic) bond motifs is 1. The van der Waals surface area contributed by atoms with Crippen LogP contribution in [-0.2, 0) is 19.2 Å². The maximum Gasteiger partial charge on any atom is 0.305 e. The van der Waals surface area contributed by atoms with Crippen LogP contribution in [-0.4, -0.2) is 74.9 Å². The molecule has 1 fully saturated rings. The number of hydrogen-bond donors (Lipinski definition) is 3. The first-order valence-corrected chi connectivity index (χ1v) is 11.0. The Morgan fingerprint density at radius 1 is 1.21 bits per heavy atom. The minimum atomic E-state index is -1.22. The third kappa shape index (κ3) is 5.53. The molecule has 1 aliphatic heterocycles. The zero-order chi connectivity index (χ0) is 24.8. The summed E-state index contributed by atoms with van der Waals surface area (Å²) in [7, 11) is 0. The molecule has 11 nitrogen and oxygen atoms in total. The summed E-state index contributed by atoms with van der Waals surface area (Å²) < 4.78 is 0. The topological polar surface area (TPSA) is 159 Å². The molecule has 34 heavy (non-hydrogen) atoms. The van der Waals surface area contributed by atoms with Crippen LogP contribution < -0.4 is 10.6 Å². The summed E-state index contributed by atoms with van der Waals surface area (Å²) in [6.07, 6.45) is 2.08. The van der Waals surface area contributed by atoms with Gasteiger partial charge in [-0.05, 0) is 24.8 Å². The fourth-order valence-corrected chi connectivity index (χ4v) is 4.00. The molecule has 3 N–H and O–H groups in total. The van der Waals surface area contributed by atoms with E-state index >= 15 is 0 Å². The van der Waals surface area contributed by atoms with E-state index in [1.165, 1.54) is 11.1 Å². The number of carbonyl (C=O) groups excluding carboxylic acids is 4. The third-order valence-electron chi connectivity index (χ3n) is 5.74. The van der Waals surface area contributed by atoms with Gasteiger partial charge in [-0.2, -0.15) is 10.2 Å². The van der Waals surface area contributed by atoms with Gasteiger partial charge >= 0.3 is 5.97 Å². The van der Waals surface area contributed by atoms with E-state index in [4.69, 9.17) is 5.11 Å². The highest BCUT2D eigenvalue weighted by Gasteiger charge is 2.39. The molecule has 1 aromatic heterocycles. The Morgan fingerprint density at radius 3 is 2.62 bits per heavy atom. The molecule has 1 aromatic carbocycles. The van der Waals surface area contributed by atoms with Crippen molar-refractivity contribution in [2.45, 2.75) is 51.2 Å². The highest BCUT2D eigenvalue weighted by molar-refractivity contribution is 6.07. The van der Waals surface area contributed by atoms with E-state index in [2.05, 4.69) is 20.8 Å². The number of nitrogens with one attached hydrogen (secondary N) is 2. The van der Waals surface area contributed by atoms with Crippen LogP contribution in [0.2, 0.25) is 0 Å². The number of rotatable bonds is 9. The van der Waals surface area contributed by atoms with Gasteiger partial charge in [0.1, 0.15) is 18.4 Å². The molecular formula is C23H27N5O6. The van der Waals surface area contributed by atoms with Crippen LogP contribution in [0.1, 0.15) is 43.5 Å². The van der Waals surface area contributed by atoms with Crippen molar-refractivity contribution >= 4 is 40.9 Å². The summed E-state index contributed by atoms with van der Waals surface area (Å²) in [4.78, 5) is 62.6. The maximum atomic E-state index is 13.4.